The van der Waals surface area contributed by atoms with Crippen LogP contribution in [0.1, 0.15) is 39.0 Å². The predicted octanol–water partition coefficient (Wildman–Crippen LogP) is 5.47. The van der Waals surface area contributed by atoms with Crippen molar-refractivity contribution >= 4 is 34.9 Å². The molecule has 4 rings (SSSR count). The van der Waals surface area contributed by atoms with E-state index >= 15 is 0 Å². The van der Waals surface area contributed by atoms with Crippen LogP contribution in [-0.2, 0) is 9.53 Å². The molecule has 176 valence electrons. The first-order chi connectivity index (χ1) is 16.6. The van der Waals surface area contributed by atoms with E-state index in [1.54, 1.807) is 7.11 Å². The molecule has 0 heterocycles. The van der Waals surface area contributed by atoms with Gasteiger partial charge in [-0.1, -0.05) is 0 Å². The van der Waals surface area contributed by atoms with E-state index in [4.69, 9.17) is 4.74 Å². The van der Waals surface area contributed by atoms with Gasteiger partial charge in [0.2, 0.25) is 0 Å². The molecular weight excluding hydrogens is 523 g/mol. The molecule has 0 amide bonds. The monoisotopic (exact) mass is 560 g/mol. The van der Waals surface area contributed by atoms with Crippen LogP contribution in [0.3, 0.4) is 0 Å². The third kappa shape index (κ3) is 5.49. The molecule has 0 saturated heterocycles. The summed E-state index contributed by atoms with van der Waals surface area (Å²) in [6.07, 6.45) is 7.58. The minimum absolute atomic E-state index is 0.0415. The summed E-state index contributed by atoms with van der Waals surface area (Å²) in [5, 5.41) is 0. The van der Waals surface area contributed by atoms with Crippen LogP contribution >= 0.6 is 0 Å². The number of allylic oxidation sites excluding steroid dienone is 1. The zero-order valence-electron chi connectivity index (χ0n) is 20.5. The van der Waals surface area contributed by atoms with Gasteiger partial charge < -0.3 is 0 Å². The number of carbonyl (C=O) groups excluding carboxylic acids is 1. The van der Waals surface area contributed by atoms with E-state index < -0.39 is 18.4 Å². The summed E-state index contributed by atoms with van der Waals surface area (Å²) in [7, 11) is 1.74. The number of hydrogen-bond donors (Lipinski definition) is 0. The molecule has 2 nitrogen and oxygen atoms in total. The first-order valence-corrected chi connectivity index (χ1v) is 18.8. The molecule has 0 spiro atoms. The average molecular weight is 559 g/mol. The van der Waals surface area contributed by atoms with Crippen molar-refractivity contribution in [3.8, 4) is 0 Å². The fourth-order valence-electron chi connectivity index (χ4n) is 5.81. The average Bonchev–Trinajstić information content (AvgIpc) is 2.89. The zero-order valence-corrected chi connectivity index (χ0v) is 23.3. The molecule has 1 aliphatic rings. The number of Topliss-reactive ketones (excluding diaryl/α,β-unsaturated/α-hetero) is 1. The van der Waals surface area contributed by atoms with E-state index in [0.717, 1.165) is 23.7 Å². The van der Waals surface area contributed by atoms with Crippen LogP contribution in [-0.4, -0.2) is 31.3 Å². The van der Waals surface area contributed by atoms with Gasteiger partial charge in [0, 0.05) is 0 Å². The van der Waals surface area contributed by atoms with Crippen molar-refractivity contribution in [3.05, 3.63) is 103 Å². The summed E-state index contributed by atoms with van der Waals surface area (Å²) >= 11 is -3.49. The van der Waals surface area contributed by atoms with Crippen molar-refractivity contribution in [2.75, 3.05) is 7.11 Å². The number of carbonyl (C=O) groups is 1. The van der Waals surface area contributed by atoms with Gasteiger partial charge in [-0.05, 0) is 0 Å². The summed E-state index contributed by atoms with van der Waals surface area (Å²) in [5.41, 5.74) is 1.39. The van der Waals surface area contributed by atoms with Crippen LogP contribution in [0.5, 0.6) is 0 Å². The van der Waals surface area contributed by atoms with Gasteiger partial charge in [-0.3, -0.25) is 0 Å². The predicted molar refractivity (Wildman–Crippen MR) is 145 cm³/mol. The SMILES string of the molecule is CO/C=C1\CCCCC1CC([CH2][Sn]([c]1ccccc1)([c]1ccccc1)[c]1ccccc1)C(C)=O. The Hall–Kier alpha value is -2.33. The number of methoxy groups -OCH3 is 1. The quantitative estimate of drug-likeness (QED) is 0.257. The molecule has 1 aliphatic carbocycles. The summed E-state index contributed by atoms with van der Waals surface area (Å²) in [5.74, 6) is 0.805. The van der Waals surface area contributed by atoms with E-state index in [1.807, 2.05) is 13.2 Å². The number of ether oxygens (including phenoxy) is 1. The van der Waals surface area contributed by atoms with Crippen molar-refractivity contribution in [3.63, 3.8) is 0 Å². The molecule has 0 aliphatic heterocycles. The molecule has 1 fully saturated rings. The maximum atomic E-state index is 13.2. The van der Waals surface area contributed by atoms with Crippen molar-refractivity contribution in [2.45, 2.75) is 43.5 Å². The van der Waals surface area contributed by atoms with Crippen LogP contribution in [0.15, 0.2) is 103 Å². The van der Waals surface area contributed by atoms with Crippen molar-refractivity contribution in [1.82, 2.24) is 0 Å². The van der Waals surface area contributed by atoms with Crippen LogP contribution < -0.4 is 10.7 Å². The van der Waals surface area contributed by atoms with Crippen LogP contribution in [0.2, 0.25) is 4.44 Å². The third-order valence-electron chi connectivity index (χ3n) is 7.56. The van der Waals surface area contributed by atoms with Crippen molar-refractivity contribution in [2.24, 2.45) is 11.8 Å². The van der Waals surface area contributed by atoms with Gasteiger partial charge in [-0.15, -0.1) is 0 Å². The Morgan fingerprint density at radius 3 is 1.82 bits per heavy atom. The van der Waals surface area contributed by atoms with Crippen molar-refractivity contribution < 1.29 is 9.53 Å². The first-order valence-electron chi connectivity index (χ1n) is 12.5. The Bertz CT molecular complexity index is 980. The van der Waals surface area contributed by atoms with E-state index in [-0.39, 0.29) is 5.92 Å². The molecule has 1 saturated carbocycles. The Balaban J connectivity index is 1.82. The summed E-state index contributed by atoms with van der Waals surface area (Å²) in [4.78, 5) is 13.2. The van der Waals surface area contributed by atoms with Crippen molar-refractivity contribution in [1.29, 1.82) is 0 Å². The Morgan fingerprint density at radius 2 is 1.38 bits per heavy atom. The summed E-state index contributed by atoms with van der Waals surface area (Å²) in [6, 6.07) is 33.1. The Kier molecular flexibility index (Phi) is 8.66. The zero-order chi connectivity index (χ0) is 23.8. The summed E-state index contributed by atoms with van der Waals surface area (Å²) < 4.78 is 10.7. The van der Waals surface area contributed by atoms with E-state index in [1.165, 1.54) is 29.2 Å². The van der Waals surface area contributed by atoms with Gasteiger partial charge in [0.15, 0.2) is 0 Å². The molecule has 0 bridgehead atoms. The molecule has 0 N–H and O–H groups in total. The molecule has 3 aromatic rings. The molecule has 2 atom stereocenters. The summed E-state index contributed by atoms with van der Waals surface area (Å²) in [6.45, 7) is 1.81. The maximum absolute atomic E-state index is 13.2. The van der Waals surface area contributed by atoms with Gasteiger partial charge in [-0.2, -0.15) is 0 Å². The Labute approximate surface area is 208 Å². The minimum atomic E-state index is -3.49. The number of ketones is 1. The van der Waals surface area contributed by atoms with Crippen LogP contribution in [0.4, 0.5) is 0 Å². The van der Waals surface area contributed by atoms with Gasteiger partial charge in [0.1, 0.15) is 0 Å². The van der Waals surface area contributed by atoms with E-state index in [0.29, 0.717) is 11.7 Å². The van der Waals surface area contributed by atoms with Gasteiger partial charge >= 0.3 is 210 Å². The molecule has 0 aromatic heterocycles. The molecule has 3 aromatic carbocycles. The molecule has 2 unspecified atom stereocenters. The fraction of sp³-hybridized carbons (Fsp3) is 0.323. The van der Waals surface area contributed by atoms with E-state index in [9.17, 15) is 4.79 Å². The third-order valence-corrected chi connectivity index (χ3v) is 22.0. The normalized spacial score (nSPS) is 18.4. The standard InChI is InChI=1S/C13H21O2.3C6H5.Sn/c1-10(11(2)14)8-12-6-4-5-7-13(12)9-15-3;3*1-2-4-6-5-3-1;/h9-10,12H,1,4-8H2,2-3H3;3*1-5H;/b13-9+;;;;. The molecule has 0 radical (unpaired) electrons. The number of hydrogen-bond acceptors (Lipinski definition) is 2. The second-order valence-electron chi connectivity index (χ2n) is 9.62. The van der Waals surface area contributed by atoms with E-state index in [2.05, 4.69) is 91.0 Å². The van der Waals surface area contributed by atoms with Gasteiger partial charge in [0.25, 0.3) is 0 Å². The van der Waals surface area contributed by atoms with Gasteiger partial charge in [-0.25, -0.2) is 0 Å². The topological polar surface area (TPSA) is 26.3 Å². The molecular formula is C31H36O2Sn. The molecule has 34 heavy (non-hydrogen) atoms. The van der Waals surface area contributed by atoms with Gasteiger partial charge in [0.05, 0.1) is 0 Å². The second-order valence-corrected chi connectivity index (χ2v) is 20.9. The fourth-order valence-corrected chi connectivity index (χ4v) is 20.6. The number of benzene rings is 3. The van der Waals surface area contributed by atoms with Crippen LogP contribution in [0.25, 0.3) is 0 Å². The molecule has 3 heteroatoms. The Morgan fingerprint density at radius 1 is 0.882 bits per heavy atom. The number of rotatable bonds is 9. The first kappa shape index (κ1) is 24.8. The second kappa shape index (κ2) is 11.9. The van der Waals surface area contributed by atoms with Crippen LogP contribution in [0, 0.1) is 11.8 Å².